The minimum absolute atomic E-state index is 0.0598. The molecule has 0 unspecified atom stereocenters. The summed E-state index contributed by atoms with van der Waals surface area (Å²) in [5.41, 5.74) is 0. The molecule has 3 heteroatoms. The van der Waals surface area contributed by atoms with Crippen molar-refractivity contribution in [2.45, 2.75) is 83.6 Å². The van der Waals surface area contributed by atoms with E-state index in [2.05, 4.69) is 81.4 Å². The molecule has 2 aromatic rings. The Hall–Kier alpha value is -1.42. The van der Waals surface area contributed by atoms with Crippen LogP contribution in [0.2, 0.25) is 5.04 Å². The molecule has 0 saturated heterocycles. The number of aliphatic hydroxyl groups excluding tert-OH is 1. The van der Waals surface area contributed by atoms with Gasteiger partial charge in [0.2, 0.25) is 0 Å². The molecule has 0 amide bonds. The van der Waals surface area contributed by atoms with E-state index in [1.807, 2.05) is 0 Å². The van der Waals surface area contributed by atoms with Gasteiger partial charge in [0.15, 0.2) is 0 Å². The van der Waals surface area contributed by atoms with Crippen LogP contribution < -0.4 is 10.4 Å². The molecular formula is C27H42O2Si. The Labute approximate surface area is 185 Å². The van der Waals surface area contributed by atoms with Crippen molar-refractivity contribution in [3.05, 3.63) is 60.7 Å². The zero-order valence-electron chi connectivity index (χ0n) is 19.4. The summed E-state index contributed by atoms with van der Waals surface area (Å²) in [5.74, 6) is 0. The Morgan fingerprint density at radius 2 is 1.03 bits per heavy atom. The zero-order valence-corrected chi connectivity index (χ0v) is 20.4. The molecule has 0 atom stereocenters. The maximum absolute atomic E-state index is 8.83. The van der Waals surface area contributed by atoms with E-state index in [0.717, 1.165) is 19.4 Å². The average Bonchev–Trinajstić information content (AvgIpc) is 2.75. The van der Waals surface area contributed by atoms with Gasteiger partial charge in [0.1, 0.15) is 0 Å². The maximum atomic E-state index is 8.83. The smallest absolute Gasteiger partial charge is 0.261 e. The SMILES string of the molecule is CC(C)(C)[Si](OCCCCCCCCCCCO)(c1ccccc1)c1ccccc1. The second kappa shape index (κ2) is 13.1. The van der Waals surface area contributed by atoms with E-state index in [4.69, 9.17) is 9.53 Å². The van der Waals surface area contributed by atoms with Gasteiger partial charge in [-0.2, -0.15) is 0 Å². The summed E-state index contributed by atoms with van der Waals surface area (Å²) >= 11 is 0. The lowest BCUT2D eigenvalue weighted by molar-refractivity contribution is 0.281. The summed E-state index contributed by atoms with van der Waals surface area (Å²) in [7, 11) is -2.36. The van der Waals surface area contributed by atoms with Gasteiger partial charge < -0.3 is 9.53 Å². The van der Waals surface area contributed by atoms with E-state index < -0.39 is 8.32 Å². The van der Waals surface area contributed by atoms with Crippen molar-refractivity contribution in [3.8, 4) is 0 Å². The van der Waals surface area contributed by atoms with Crippen molar-refractivity contribution in [2.24, 2.45) is 0 Å². The summed E-state index contributed by atoms with van der Waals surface area (Å²) in [6.45, 7) is 8.21. The number of hydrogen-bond acceptors (Lipinski definition) is 2. The molecule has 0 radical (unpaired) electrons. The monoisotopic (exact) mass is 426 g/mol. The van der Waals surface area contributed by atoms with Crippen LogP contribution in [-0.2, 0) is 4.43 Å². The third-order valence-electron chi connectivity index (χ3n) is 6.04. The van der Waals surface area contributed by atoms with Crippen LogP contribution >= 0.6 is 0 Å². The van der Waals surface area contributed by atoms with Gasteiger partial charge in [-0.15, -0.1) is 0 Å². The summed E-state index contributed by atoms with van der Waals surface area (Å²) in [6, 6.07) is 21.8. The topological polar surface area (TPSA) is 29.5 Å². The summed E-state index contributed by atoms with van der Waals surface area (Å²) in [6.07, 6.45) is 11.0. The highest BCUT2D eigenvalue weighted by molar-refractivity contribution is 6.99. The van der Waals surface area contributed by atoms with Crippen molar-refractivity contribution in [1.82, 2.24) is 0 Å². The normalized spacial score (nSPS) is 12.3. The van der Waals surface area contributed by atoms with Gasteiger partial charge in [-0.1, -0.05) is 126 Å². The fourth-order valence-electron chi connectivity index (χ4n) is 4.44. The Morgan fingerprint density at radius 1 is 0.633 bits per heavy atom. The van der Waals surface area contributed by atoms with E-state index in [1.54, 1.807) is 0 Å². The van der Waals surface area contributed by atoms with E-state index in [1.165, 1.54) is 55.3 Å². The lowest BCUT2D eigenvalue weighted by Crippen LogP contribution is -2.66. The van der Waals surface area contributed by atoms with Crippen LogP contribution in [0.4, 0.5) is 0 Å². The van der Waals surface area contributed by atoms with E-state index in [-0.39, 0.29) is 5.04 Å². The molecule has 0 saturated carbocycles. The fourth-order valence-corrected chi connectivity index (χ4v) is 9.04. The highest BCUT2D eigenvalue weighted by atomic mass is 28.4. The molecule has 2 rings (SSSR count). The lowest BCUT2D eigenvalue weighted by Gasteiger charge is -2.43. The van der Waals surface area contributed by atoms with Crippen LogP contribution in [0.1, 0.15) is 78.6 Å². The molecule has 0 aliphatic heterocycles. The number of aliphatic hydroxyl groups is 1. The van der Waals surface area contributed by atoms with Crippen LogP contribution in [0.15, 0.2) is 60.7 Å². The molecule has 2 nitrogen and oxygen atoms in total. The summed E-state index contributed by atoms with van der Waals surface area (Å²) in [4.78, 5) is 0. The average molecular weight is 427 g/mol. The first-order valence-electron chi connectivity index (χ1n) is 11.9. The minimum Gasteiger partial charge on any atom is -0.407 e. The highest BCUT2D eigenvalue weighted by Crippen LogP contribution is 2.36. The van der Waals surface area contributed by atoms with Crippen molar-refractivity contribution >= 4 is 18.7 Å². The standard InChI is InChI=1S/C27H42O2Si/c1-27(2,3)30(25-19-13-11-14-20-25,26-21-15-12-16-22-26)29-24-18-10-8-6-4-5-7-9-17-23-28/h11-16,19-22,28H,4-10,17-18,23-24H2,1-3H3. The third kappa shape index (κ3) is 7.07. The summed E-state index contributed by atoms with van der Waals surface area (Å²) in [5, 5.41) is 11.6. The molecule has 1 N–H and O–H groups in total. The molecule has 0 aromatic heterocycles. The van der Waals surface area contributed by atoms with E-state index >= 15 is 0 Å². The Balaban J connectivity index is 1.94. The first-order valence-corrected chi connectivity index (χ1v) is 13.8. The third-order valence-corrected chi connectivity index (χ3v) is 11.1. The molecule has 0 aliphatic carbocycles. The molecule has 30 heavy (non-hydrogen) atoms. The predicted octanol–water partition coefficient (Wildman–Crippen LogP) is 6.07. The molecule has 0 spiro atoms. The van der Waals surface area contributed by atoms with Gasteiger partial charge in [-0.3, -0.25) is 0 Å². The molecule has 0 bridgehead atoms. The largest absolute Gasteiger partial charge is 0.407 e. The van der Waals surface area contributed by atoms with Crippen molar-refractivity contribution in [3.63, 3.8) is 0 Å². The Kier molecular flexibility index (Phi) is 10.8. The predicted molar refractivity (Wildman–Crippen MR) is 132 cm³/mol. The zero-order chi connectivity index (χ0) is 21.7. The first kappa shape index (κ1) is 24.8. The Morgan fingerprint density at radius 3 is 1.43 bits per heavy atom. The van der Waals surface area contributed by atoms with Crippen LogP contribution in [0.25, 0.3) is 0 Å². The molecule has 166 valence electrons. The van der Waals surface area contributed by atoms with Crippen LogP contribution in [0, 0.1) is 0 Å². The van der Waals surface area contributed by atoms with Gasteiger partial charge in [0, 0.05) is 13.2 Å². The lowest BCUT2D eigenvalue weighted by atomic mass is 10.1. The van der Waals surface area contributed by atoms with Gasteiger partial charge in [0.05, 0.1) is 0 Å². The van der Waals surface area contributed by atoms with Crippen molar-refractivity contribution in [1.29, 1.82) is 0 Å². The molecule has 0 heterocycles. The Bertz CT molecular complexity index is 640. The van der Waals surface area contributed by atoms with Crippen molar-refractivity contribution < 1.29 is 9.53 Å². The fraction of sp³-hybridized carbons (Fsp3) is 0.556. The van der Waals surface area contributed by atoms with Crippen LogP contribution in [-0.4, -0.2) is 26.6 Å². The van der Waals surface area contributed by atoms with Gasteiger partial charge in [-0.05, 0) is 28.3 Å². The highest BCUT2D eigenvalue weighted by Gasteiger charge is 2.49. The van der Waals surface area contributed by atoms with Crippen LogP contribution in [0.3, 0.4) is 0 Å². The van der Waals surface area contributed by atoms with Crippen LogP contribution in [0.5, 0.6) is 0 Å². The van der Waals surface area contributed by atoms with Gasteiger partial charge in [0.25, 0.3) is 8.32 Å². The quantitative estimate of drug-likeness (QED) is 0.294. The second-order valence-electron chi connectivity index (χ2n) is 9.42. The number of rotatable bonds is 14. The van der Waals surface area contributed by atoms with E-state index in [9.17, 15) is 0 Å². The maximum Gasteiger partial charge on any atom is 0.261 e. The molecule has 0 aliphatic rings. The van der Waals surface area contributed by atoms with Crippen molar-refractivity contribution in [2.75, 3.05) is 13.2 Å². The molecular weight excluding hydrogens is 384 g/mol. The second-order valence-corrected chi connectivity index (χ2v) is 13.7. The first-order chi connectivity index (χ1) is 14.5. The minimum atomic E-state index is -2.36. The number of benzene rings is 2. The van der Waals surface area contributed by atoms with E-state index in [0.29, 0.717) is 6.61 Å². The van der Waals surface area contributed by atoms with Gasteiger partial charge >= 0.3 is 0 Å². The number of unbranched alkanes of at least 4 members (excludes halogenated alkanes) is 8. The summed E-state index contributed by atoms with van der Waals surface area (Å²) < 4.78 is 6.95. The van der Waals surface area contributed by atoms with Gasteiger partial charge in [-0.25, -0.2) is 0 Å². The molecule has 0 fully saturated rings. The number of hydrogen-bond donors (Lipinski definition) is 1. The molecule has 2 aromatic carbocycles.